The van der Waals surface area contributed by atoms with Gasteiger partial charge in [0.15, 0.2) is 0 Å². The van der Waals surface area contributed by atoms with Crippen LogP contribution in [0.15, 0.2) is 29.2 Å². The Hall–Kier alpha value is -1.20. The summed E-state index contributed by atoms with van der Waals surface area (Å²) in [5.74, 6) is 2.44. The zero-order chi connectivity index (χ0) is 15.8. The fourth-order valence-corrected chi connectivity index (χ4v) is 3.55. The van der Waals surface area contributed by atoms with Crippen molar-refractivity contribution in [3.8, 4) is 5.75 Å². The van der Waals surface area contributed by atoms with Crippen LogP contribution in [0, 0.1) is 5.92 Å². The highest BCUT2D eigenvalue weighted by atomic mass is 32.2. The zero-order valence-corrected chi connectivity index (χ0v) is 14.2. The van der Waals surface area contributed by atoms with Crippen LogP contribution >= 0.6 is 11.8 Å². The number of carbonyl (C=O) groups excluding carboxylic acids is 1. The molecule has 0 bridgehead atoms. The van der Waals surface area contributed by atoms with Gasteiger partial charge in [-0.05, 0) is 37.4 Å². The summed E-state index contributed by atoms with van der Waals surface area (Å²) >= 11 is 1.78. The Bertz CT molecular complexity index is 475. The van der Waals surface area contributed by atoms with Gasteiger partial charge in [-0.2, -0.15) is 0 Å². The van der Waals surface area contributed by atoms with Crippen molar-refractivity contribution >= 4 is 17.7 Å². The average molecular weight is 322 g/mol. The topological polar surface area (TPSA) is 50.4 Å². The minimum absolute atomic E-state index is 0.00261. The molecule has 1 aliphatic rings. The summed E-state index contributed by atoms with van der Waals surface area (Å²) in [5.41, 5.74) is 0. The van der Waals surface area contributed by atoms with E-state index >= 15 is 0 Å². The van der Waals surface area contributed by atoms with E-state index in [0.29, 0.717) is 5.92 Å². The van der Waals surface area contributed by atoms with Crippen LogP contribution in [0.2, 0.25) is 0 Å². The standard InChI is InChI=1S/C17H26N2O2S/c1-13(11-19-17(20)14-7-5-6-10-18-14)12-22-16-9-4-3-8-15(16)21-2/h3-4,8-9,13-14,18H,5-7,10-12H2,1-2H3,(H,19,20)/t13-,14+/m1/s1. The van der Waals surface area contributed by atoms with Crippen molar-refractivity contribution in [3.05, 3.63) is 24.3 Å². The Labute approximate surface area is 137 Å². The Morgan fingerprint density at radius 2 is 2.27 bits per heavy atom. The molecule has 5 heteroatoms. The third kappa shape index (κ3) is 5.21. The monoisotopic (exact) mass is 322 g/mol. The van der Waals surface area contributed by atoms with E-state index in [1.165, 1.54) is 6.42 Å². The van der Waals surface area contributed by atoms with Gasteiger partial charge in [-0.3, -0.25) is 4.79 Å². The summed E-state index contributed by atoms with van der Waals surface area (Å²) < 4.78 is 5.36. The Balaban J connectivity index is 1.71. The molecule has 1 aliphatic heterocycles. The van der Waals surface area contributed by atoms with E-state index in [0.717, 1.165) is 42.3 Å². The van der Waals surface area contributed by atoms with Gasteiger partial charge in [0.1, 0.15) is 5.75 Å². The Morgan fingerprint density at radius 3 is 3.00 bits per heavy atom. The summed E-state index contributed by atoms with van der Waals surface area (Å²) in [7, 11) is 1.69. The lowest BCUT2D eigenvalue weighted by molar-refractivity contribution is -0.123. The molecule has 0 aliphatic carbocycles. The molecule has 1 fully saturated rings. The molecule has 0 unspecified atom stereocenters. The van der Waals surface area contributed by atoms with E-state index in [1.54, 1.807) is 18.9 Å². The largest absolute Gasteiger partial charge is 0.496 e. The number of ether oxygens (including phenoxy) is 1. The SMILES string of the molecule is COc1ccccc1SC[C@H](C)CNC(=O)[C@@H]1CCCCN1. The van der Waals surface area contributed by atoms with Crippen LogP contribution in [-0.2, 0) is 4.79 Å². The van der Waals surface area contributed by atoms with Gasteiger partial charge in [0.05, 0.1) is 13.2 Å². The number of methoxy groups -OCH3 is 1. The number of nitrogens with one attached hydrogen (secondary N) is 2. The second-order valence-corrected chi connectivity index (χ2v) is 6.88. The molecule has 1 amide bonds. The molecule has 122 valence electrons. The third-order valence-electron chi connectivity index (χ3n) is 3.84. The van der Waals surface area contributed by atoms with Crippen molar-refractivity contribution in [2.45, 2.75) is 37.1 Å². The van der Waals surface area contributed by atoms with Crippen molar-refractivity contribution in [1.29, 1.82) is 0 Å². The van der Waals surface area contributed by atoms with Crippen LogP contribution in [0.5, 0.6) is 5.75 Å². The van der Waals surface area contributed by atoms with Gasteiger partial charge in [0.25, 0.3) is 0 Å². The fourth-order valence-electron chi connectivity index (χ4n) is 2.50. The van der Waals surface area contributed by atoms with Crippen LogP contribution in [0.1, 0.15) is 26.2 Å². The molecule has 1 heterocycles. The van der Waals surface area contributed by atoms with Gasteiger partial charge in [0, 0.05) is 17.2 Å². The summed E-state index contributed by atoms with van der Waals surface area (Å²) in [5, 5.41) is 6.35. The molecule has 1 aromatic carbocycles. The van der Waals surface area contributed by atoms with Crippen LogP contribution in [0.4, 0.5) is 0 Å². The number of para-hydroxylation sites is 1. The molecule has 0 aromatic heterocycles. The first-order valence-electron chi connectivity index (χ1n) is 7.97. The molecule has 0 spiro atoms. The summed E-state index contributed by atoms with van der Waals surface area (Å²) in [6.45, 7) is 3.84. The number of piperidine rings is 1. The molecule has 2 atom stereocenters. The maximum absolute atomic E-state index is 12.1. The van der Waals surface area contributed by atoms with Gasteiger partial charge in [-0.15, -0.1) is 11.8 Å². The number of amides is 1. The van der Waals surface area contributed by atoms with Crippen molar-refractivity contribution in [3.63, 3.8) is 0 Å². The van der Waals surface area contributed by atoms with Crippen molar-refractivity contribution in [2.75, 3.05) is 26.0 Å². The highest BCUT2D eigenvalue weighted by molar-refractivity contribution is 7.99. The number of carbonyl (C=O) groups is 1. The molecular weight excluding hydrogens is 296 g/mol. The highest BCUT2D eigenvalue weighted by Gasteiger charge is 2.20. The highest BCUT2D eigenvalue weighted by Crippen LogP contribution is 2.29. The summed E-state index contributed by atoms with van der Waals surface area (Å²) in [6.07, 6.45) is 3.27. The molecular formula is C17H26N2O2S. The van der Waals surface area contributed by atoms with Crippen LogP contribution in [-0.4, -0.2) is 37.9 Å². The predicted molar refractivity (Wildman–Crippen MR) is 91.5 cm³/mol. The van der Waals surface area contributed by atoms with Crippen LogP contribution in [0.3, 0.4) is 0 Å². The lowest BCUT2D eigenvalue weighted by atomic mass is 10.0. The Morgan fingerprint density at radius 1 is 1.45 bits per heavy atom. The maximum Gasteiger partial charge on any atom is 0.237 e. The maximum atomic E-state index is 12.1. The van der Waals surface area contributed by atoms with Gasteiger partial charge in [0.2, 0.25) is 5.91 Å². The molecule has 1 aromatic rings. The van der Waals surface area contributed by atoms with Gasteiger partial charge >= 0.3 is 0 Å². The zero-order valence-electron chi connectivity index (χ0n) is 13.4. The molecule has 2 N–H and O–H groups in total. The predicted octanol–water partition coefficient (Wildman–Crippen LogP) is 2.68. The molecule has 22 heavy (non-hydrogen) atoms. The molecule has 0 radical (unpaired) electrons. The minimum Gasteiger partial charge on any atom is -0.496 e. The molecule has 1 saturated heterocycles. The second-order valence-electron chi connectivity index (χ2n) is 5.81. The first kappa shape index (κ1) is 17.2. The van der Waals surface area contributed by atoms with Gasteiger partial charge in [-0.25, -0.2) is 0 Å². The van der Waals surface area contributed by atoms with Crippen LogP contribution in [0.25, 0.3) is 0 Å². The van der Waals surface area contributed by atoms with E-state index in [1.807, 2.05) is 18.2 Å². The first-order chi connectivity index (χ1) is 10.7. The minimum atomic E-state index is 0.00261. The normalized spacial score (nSPS) is 19.5. The number of thioether (sulfide) groups is 1. The number of hydrogen-bond donors (Lipinski definition) is 2. The van der Waals surface area contributed by atoms with Crippen LogP contribution < -0.4 is 15.4 Å². The van der Waals surface area contributed by atoms with Crippen molar-refractivity contribution in [1.82, 2.24) is 10.6 Å². The first-order valence-corrected chi connectivity index (χ1v) is 8.96. The molecule has 4 nitrogen and oxygen atoms in total. The van der Waals surface area contributed by atoms with E-state index < -0.39 is 0 Å². The quantitative estimate of drug-likeness (QED) is 0.758. The number of rotatable bonds is 7. The molecule has 0 saturated carbocycles. The Kier molecular flexibility index (Phi) is 7.06. The van der Waals surface area contributed by atoms with E-state index in [-0.39, 0.29) is 11.9 Å². The van der Waals surface area contributed by atoms with E-state index in [2.05, 4.69) is 23.6 Å². The smallest absolute Gasteiger partial charge is 0.237 e. The summed E-state index contributed by atoms with van der Waals surface area (Å²) in [4.78, 5) is 13.2. The third-order valence-corrected chi connectivity index (χ3v) is 5.23. The number of hydrogen-bond acceptors (Lipinski definition) is 4. The lowest BCUT2D eigenvalue weighted by Gasteiger charge is -2.23. The van der Waals surface area contributed by atoms with E-state index in [9.17, 15) is 4.79 Å². The van der Waals surface area contributed by atoms with Gasteiger partial charge in [-0.1, -0.05) is 25.5 Å². The molecule has 2 rings (SSSR count). The van der Waals surface area contributed by atoms with Crippen molar-refractivity contribution in [2.24, 2.45) is 5.92 Å². The summed E-state index contributed by atoms with van der Waals surface area (Å²) in [6, 6.07) is 8.04. The van der Waals surface area contributed by atoms with E-state index in [4.69, 9.17) is 4.74 Å². The lowest BCUT2D eigenvalue weighted by Crippen LogP contribution is -2.47. The average Bonchev–Trinajstić information content (AvgIpc) is 2.58. The number of benzene rings is 1. The fraction of sp³-hybridized carbons (Fsp3) is 0.588. The second kappa shape index (κ2) is 9.06. The van der Waals surface area contributed by atoms with Gasteiger partial charge < -0.3 is 15.4 Å². The van der Waals surface area contributed by atoms with Crippen molar-refractivity contribution < 1.29 is 9.53 Å².